The summed E-state index contributed by atoms with van der Waals surface area (Å²) in [6.07, 6.45) is 3.40. The first-order valence-corrected chi connectivity index (χ1v) is 10.1. The average Bonchev–Trinajstić information content (AvgIpc) is 2.74. The molecule has 158 valence electrons. The van der Waals surface area contributed by atoms with Crippen molar-refractivity contribution >= 4 is 17.6 Å². The van der Waals surface area contributed by atoms with Crippen LogP contribution >= 0.6 is 0 Å². The first-order valence-electron chi connectivity index (χ1n) is 10.1. The molecule has 1 saturated carbocycles. The van der Waals surface area contributed by atoms with Crippen LogP contribution in [0, 0.1) is 22.7 Å². The minimum atomic E-state index is -0.327. The molecule has 1 aromatic carbocycles. The summed E-state index contributed by atoms with van der Waals surface area (Å²) >= 11 is 0. The van der Waals surface area contributed by atoms with Gasteiger partial charge in [0.05, 0.1) is 13.1 Å². The third-order valence-corrected chi connectivity index (χ3v) is 5.23. The lowest BCUT2D eigenvalue weighted by atomic mass is 9.80. The van der Waals surface area contributed by atoms with E-state index in [1.165, 1.54) is 19.4 Å². The molecule has 30 heavy (non-hydrogen) atoms. The van der Waals surface area contributed by atoms with Gasteiger partial charge in [0.25, 0.3) is 0 Å². The lowest BCUT2D eigenvalue weighted by Crippen LogP contribution is -2.31. The van der Waals surface area contributed by atoms with Crippen molar-refractivity contribution < 1.29 is 19.1 Å². The molecule has 1 aromatic rings. The van der Waals surface area contributed by atoms with Crippen molar-refractivity contribution in [3.05, 3.63) is 41.0 Å². The Labute approximate surface area is 177 Å². The van der Waals surface area contributed by atoms with E-state index in [2.05, 4.69) is 12.1 Å². The number of hydrogen-bond donors (Lipinski definition) is 0. The maximum atomic E-state index is 11.0. The molecule has 0 aliphatic heterocycles. The molecule has 0 radical (unpaired) electrons. The lowest BCUT2D eigenvalue weighted by Gasteiger charge is -2.27. The van der Waals surface area contributed by atoms with Crippen LogP contribution in [0.25, 0.3) is 0 Å². The van der Waals surface area contributed by atoms with Gasteiger partial charge in [-0.15, -0.1) is 0 Å². The van der Waals surface area contributed by atoms with Crippen LogP contribution in [0.2, 0.25) is 0 Å². The largest absolute Gasteiger partial charge is 0.464 e. The van der Waals surface area contributed by atoms with Crippen molar-refractivity contribution in [2.24, 2.45) is 0 Å². The van der Waals surface area contributed by atoms with Gasteiger partial charge >= 0.3 is 11.9 Å². The van der Waals surface area contributed by atoms with Crippen LogP contribution in [0.1, 0.15) is 51.0 Å². The van der Waals surface area contributed by atoms with Gasteiger partial charge in [-0.3, -0.25) is 9.59 Å². The van der Waals surface area contributed by atoms with E-state index in [9.17, 15) is 9.59 Å². The third kappa shape index (κ3) is 6.93. The number of carbonyl (C=O) groups excluding carboxylic acids is 2. The SMILES string of the molecule is CC(=O)OCCN(CCOC(C)=O)c1ccc(C2CCC(=C(C#N)C#N)CC2)cc1. The Morgan fingerprint density at radius 1 is 0.967 bits per heavy atom. The quantitative estimate of drug-likeness (QED) is 0.477. The van der Waals surface area contributed by atoms with E-state index in [0.717, 1.165) is 36.9 Å². The Hall–Kier alpha value is -3.32. The Morgan fingerprint density at radius 2 is 1.47 bits per heavy atom. The van der Waals surface area contributed by atoms with Crippen LogP contribution in [-0.4, -0.2) is 38.2 Å². The molecular formula is C23H27N3O4. The fraction of sp³-hybridized carbons (Fsp3) is 0.478. The molecule has 0 heterocycles. The fourth-order valence-corrected chi connectivity index (χ4v) is 3.66. The molecule has 0 amide bonds. The molecule has 7 nitrogen and oxygen atoms in total. The van der Waals surface area contributed by atoms with Crippen molar-refractivity contribution in [3.63, 3.8) is 0 Å². The highest BCUT2D eigenvalue weighted by Gasteiger charge is 2.21. The lowest BCUT2D eigenvalue weighted by molar-refractivity contribution is -0.141. The molecule has 0 saturated heterocycles. The number of anilines is 1. The standard InChI is InChI=1S/C23H27N3O4/c1-17(27)29-13-11-26(12-14-30-18(2)28)23-9-7-20(8-10-23)19-3-5-21(6-4-19)22(15-24)16-25/h7-10,19H,3-6,11-14H2,1-2H3. The van der Waals surface area contributed by atoms with E-state index in [-0.39, 0.29) is 30.7 Å². The zero-order valence-corrected chi connectivity index (χ0v) is 17.5. The molecule has 0 bridgehead atoms. The Morgan fingerprint density at radius 3 is 1.90 bits per heavy atom. The summed E-state index contributed by atoms with van der Waals surface area (Å²) in [6, 6.07) is 12.2. The highest BCUT2D eigenvalue weighted by molar-refractivity contribution is 5.66. The zero-order valence-electron chi connectivity index (χ0n) is 17.5. The van der Waals surface area contributed by atoms with Gasteiger partial charge in [-0.1, -0.05) is 12.1 Å². The summed E-state index contributed by atoms with van der Waals surface area (Å²) in [5.74, 6) is -0.254. The van der Waals surface area contributed by atoms with Crippen LogP contribution in [-0.2, 0) is 19.1 Å². The Bertz CT molecular complexity index is 816. The second-order valence-electron chi connectivity index (χ2n) is 7.24. The average molecular weight is 409 g/mol. The van der Waals surface area contributed by atoms with Gasteiger partial charge in [-0.2, -0.15) is 10.5 Å². The number of rotatable bonds is 8. The summed E-state index contributed by atoms with van der Waals surface area (Å²) in [7, 11) is 0. The van der Waals surface area contributed by atoms with Crippen molar-refractivity contribution in [3.8, 4) is 12.1 Å². The minimum absolute atomic E-state index is 0.259. The van der Waals surface area contributed by atoms with Crippen LogP contribution < -0.4 is 4.90 Å². The van der Waals surface area contributed by atoms with E-state index in [1.807, 2.05) is 29.2 Å². The number of nitrogens with zero attached hydrogens (tertiary/aromatic N) is 3. The van der Waals surface area contributed by atoms with E-state index in [4.69, 9.17) is 20.0 Å². The first kappa shape index (κ1) is 23.0. The molecule has 0 aromatic heterocycles. The molecular weight excluding hydrogens is 382 g/mol. The number of allylic oxidation sites excluding steroid dienone is 2. The Balaban J connectivity index is 2.02. The first-order chi connectivity index (χ1) is 14.4. The van der Waals surface area contributed by atoms with Crippen LogP contribution in [0.15, 0.2) is 35.4 Å². The van der Waals surface area contributed by atoms with Crippen LogP contribution in [0.3, 0.4) is 0 Å². The number of hydrogen-bond acceptors (Lipinski definition) is 7. The highest BCUT2D eigenvalue weighted by Crippen LogP contribution is 2.37. The van der Waals surface area contributed by atoms with Gasteiger partial charge in [0.1, 0.15) is 30.9 Å². The van der Waals surface area contributed by atoms with Gasteiger partial charge in [0.2, 0.25) is 0 Å². The van der Waals surface area contributed by atoms with Crippen LogP contribution in [0.4, 0.5) is 5.69 Å². The number of benzene rings is 1. The van der Waals surface area contributed by atoms with Gasteiger partial charge < -0.3 is 14.4 Å². The van der Waals surface area contributed by atoms with Gasteiger partial charge in [-0.05, 0) is 54.9 Å². The second-order valence-corrected chi connectivity index (χ2v) is 7.24. The topological polar surface area (TPSA) is 103 Å². The maximum Gasteiger partial charge on any atom is 0.302 e. The van der Waals surface area contributed by atoms with Crippen LogP contribution in [0.5, 0.6) is 0 Å². The summed E-state index contributed by atoms with van der Waals surface area (Å²) in [6.45, 7) is 4.27. The van der Waals surface area contributed by atoms with E-state index >= 15 is 0 Å². The van der Waals surface area contributed by atoms with Crippen molar-refractivity contribution in [1.29, 1.82) is 10.5 Å². The monoisotopic (exact) mass is 409 g/mol. The van der Waals surface area contributed by atoms with E-state index in [1.54, 1.807) is 0 Å². The van der Waals surface area contributed by atoms with E-state index < -0.39 is 0 Å². The summed E-state index contributed by atoms with van der Waals surface area (Å²) in [5, 5.41) is 18.1. The summed E-state index contributed by atoms with van der Waals surface area (Å²) in [4.78, 5) is 24.1. The third-order valence-electron chi connectivity index (χ3n) is 5.23. The number of carbonyl (C=O) groups is 2. The van der Waals surface area contributed by atoms with Crippen molar-refractivity contribution in [2.75, 3.05) is 31.2 Å². The normalized spacial score (nSPS) is 15.5. The molecule has 7 heteroatoms. The number of esters is 2. The number of nitriles is 2. The predicted octanol–water partition coefficient (Wildman–Crippen LogP) is 3.62. The summed E-state index contributed by atoms with van der Waals surface area (Å²) in [5.41, 5.74) is 3.42. The van der Waals surface area contributed by atoms with Gasteiger partial charge in [-0.25, -0.2) is 0 Å². The van der Waals surface area contributed by atoms with Crippen molar-refractivity contribution in [1.82, 2.24) is 0 Å². The fourth-order valence-electron chi connectivity index (χ4n) is 3.66. The summed E-state index contributed by atoms with van der Waals surface area (Å²) < 4.78 is 10.1. The minimum Gasteiger partial charge on any atom is -0.464 e. The molecule has 2 rings (SSSR count). The maximum absolute atomic E-state index is 11.0. The van der Waals surface area contributed by atoms with E-state index in [0.29, 0.717) is 19.0 Å². The smallest absolute Gasteiger partial charge is 0.302 e. The highest BCUT2D eigenvalue weighted by atomic mass is 16.5. The molecule has 1 fully saturated rings. The number of ether oxygens (including phenoxy) is 2. The molecule has 1 aliphatic rings. The molecule has 0 spiro atoms. The molecule has 0 unspecified atom stereocenters. The molecule has 1 aliphatic carbocycles. The molecule has 0 atom stereocenters. The van der Waals surface area contributed by atoms with Gasteiger partial charge in [0, 0.05) is 19.5 Å². The molecule has 0 N–H and O–H groups in total. The van der Waals surface area contributed by atoms with Gasteiger partial charge in [0.15, 0.2) is 0 Å². The Kier molecular flexibility index (Phi) is 8.90. The van der Waals surface area contributed by atoms with Crippen molar-refractivity contribution in [2.45, 2.75) is 45.4 Å². The predicted molar refractivity (Wildman–Crippen MR) is 111 cm³/mol. The second kappa shape index (κ2) is 11.6. The zero-order chi connectivity index (χ0) is 21.9.